The fourth-order valence-corrected chi connectivity index (χ4v) is 3.43. The van der Waals surface area contributed by atoms with Crippen molar-refractivity contribution in [3.05, 3.63) is 35.9 Å². The van der Waals surface area contributed by atoms with Crippen LogP contribution in [-0.2, 0) is 16.0 Å². The van der Waals surface area contributed by atoms with E-state index in [2.05, 4.69) is 6.92 Å². The molecule has 2 atom stereocenters. The molecule has 2 unspecified atom stereocenters. The second kappa shape index (κ2) is 9.45. The topological polar surface area (TPSA) is 74.6 Å². The lowest BCUT2D eigenvalue weighted by atomic mass is 9.95. The quantitative estimate of drug-likeness (QED) is 0.693. The average Bonchev–Trinajstić information content (AvgIpc) is 2.44. The molecule has 0 spiro atoms. The second-order valence-electron chi connectivity index (χ2n) is 4.97. The summed E-state index contributed by atoms with van der Waals surface area (Å²) in [5, 5.41) is 18.2. The van der Waals surface area contributed by atoms with Crippen molar-refractivity contribution in [2.75, 3.05) is 5.75 Å². The summed E-state index contributed by atoms with van der Waals surface area (Å²) in [6.07, 6.45) is 1.43. The Hall–Kier alpha value is -1.49. The molecule has 2 N–H and O–H groups in total. The van der Waals surface area contributed by atoms with E-state index in [1.54, 1.807) is 11.8 Å². The molecule has 4 nitrogen and oxygen atoms in total. The van der Waals surface area contributed by atoms with Gasteiger partial charge in [0.15, 0.2) is 0 Å². The van der Waals surface area contributed by atoms with Crippen LogP contribution in [0.1, 0.15) is 31.7 Å². The maximum absolute atomic E-state index is 11.3. The fourth-order valence-electron chi connectivity index (χ4n) is 2.28. The first-order chi connectivity index (χ1) is 10.0. The molecule has 0 heterocycles. The molecule has 0 fully saturated rings. The van der Waals surface area contributed by atoms with Gasteiger partial charge in [-0.2, -0.15) is 11.8 Å². The van der Waals surface area contributed by atoms with E-state index in [-0.39, 0.29) is 18.1 Å². The molecule has 0 aromatic heterocycles. The Bertz CT molecular complexity index is 447. The van der Waals surface area contributed by atoms with Crippen molar-refractivity contribution in [3.63, 3.8) is 0 Å². The molecule has 0 aliphatic rings. The van der Waals surface area contributed by atoms with Gasteiger partial charge in [0.05, 0.1) is 5.92 Å². The molecular weight excluding hydrogens is 288 g/mol. The van der Waals surface area contributed by atoms with E-state index in [1.807, 2.05) is 30.3 Å². The number of thioether (sulfide) groups is 1. The zero-order valence-electron chi connectivity index (χ0n) is 12.2. The zero-order chi connectivity index (χ0) is 15.7. The van der Waals surface area contributed by atoms with Crippen LogP contribution in [0, 0.1) is 5.92 Å². The number of carboxylic acid groups (broad SMARTS) is 2. The molecule has 0 saturated carbocycles. The minimum absolute atomic E-state index is 0.0915. The van der Waals surface area contributed by atoms with Crippen molar-refractivity contribution in [2.24, 2.45) is 5.92 Å². The van der Waals surface area contributed by atoms with Crippen LogP contribution in [0.3, 0.4) is 0 Å². The number of carbonyl (C=O) groups is 2. The summed E-state index contributed by atoms with van der Waals surface area (Å²) in [7, 11) is 0. The first kappa shape index (κ1) is 17.6. The summed E-state index contributed by atoms with van der Waals surface area (Å²) in [6.45, 7) is 2.05. The lowest BCUT2D eigenvalue weighted by Gasteiger charge is -2.20. The van der Waals surface area contributed by atoms with Crippen LogP contribution < -0.4 is 0 Å². The van der Waals surface area contributed by atoms with Crippen molar-refractivity contribution in [1.82, 2.24) is 0 Å². The van der Waals surface area contributed by atoms with Crippen LogP contribution in [0.5, 0.6) is 0 Å². The van der Waals surface area contributed by atoms with Crippen molar-refractivity contribution in [2.45, 2.75) is 37.9 Å². The Labute approximate surface area is 129 Å². The largest absolute Gasteiger partial charge is 0.481 e. The van der Waals surface area contributed by atoms with Gasteiger partial charge in [0, 0.05) is 11.7 Å². The Morgan fingerprint density at radius 3 is 2.38 bits per heavy atom. The molecule has 1 aromatic carbocycles. The van der Waals surface area contributed by atoms with E-state index < -0.39 is 17.9 Å². The Balaban J connectivity index is 2.65. The molecule has 0 aliphatic heterocycles. The maximum atomic E-state index is 11.3. The molecule has 1 aromatic rings. The van der Waals surface area contributed by atoms with Crippen molar-refractivity contribution in [3.8, 4) is 0 Å². The highest BCUT2D eigenvalue weighted by atomic mass is 32.2. The number of benzene rings is 1. The molecule has 0 aliphatic carbocycles. The third-order valence-electron chi connectivity index (χ3n) is 3.31. The van der Waals surface area contributed by atoms with E-state index in [9.17, 15) is 14.7 Å². The van der Waals surface area contributed by atoms with Crippen molar-refractivity contribution >= 4 is 23.7 Å². The lowest BCUT2D eigenvalue weighted by molar-refractivity contribution is -0.143. The first-order valence-corrected chi connectivity index (χ1v) is 8.18. The molecule has 0 saturated heterocycles. The number of hydrogen-bond donors (Lipinski definition) is 2. The molecule has 0 amide bonds. The monoisotopic (exact) mass is 310 g/mol. The normalized spacial score (nSPS) is 13.6. The van der Waals surface area contributed by atoms with Gasteiger partial charge in [-0.3, -0.25) is 9.59 Å². The molecule has 0 bridgehead atoms. The van der Waals surface area contributed by atoms with Crippen LogP contribution in [0.15, 0.2) is 30.3 Å². The minimum atomic E-state index is -0.941. The van der Waals surface area contributed by atoms with Gasteiger partial charge in [0.2, 0.25) is 0 Å². The van der Waals surface area contributed by atoms with Crippen LogP contribution >= 0.6 is 11.8 Å². The van der Waals surface area contributed by atoms with Crippen molar-refractivity contribution in [1.29, 1.82) is 0 Å². The maximum Gasteiger partial charge on any atom is 0.306 e. The summed E-state index contributed by atoms with van der Waals surface area (Å²) in [4.78, 5) is 21.9. The third kappa shape index (κ3) is 7.18. The van der Waals surface area contributed by atoms with Crippen LogP contribution in [-0.4, -0.2) is 33.2 Å². The number of aliphatic carboxylic acids is 2. The van der Waals surface area contributed by atoms with Gasteiger partial charge in [-0.1, -0.05) is 37.3 Å². The van der Waals surface area contributed by atoms with Crippen LogP contribution in [0.25, 0.3) is 0 Å². The molecule has 0 radical (unpaired) electrons. The summed E-state index contributed by atoms with van der Waals surface area (Å²) in [5.41, 5.74) is 1.19. The molecular formula is C16H22O4S. The number of rotatable bonds is 10. The summed E-state index contributed by atoms with van der Waals surface area (Å²) >= 11 is 1.74. The Morgan fingerprint density at radius 1 is 1.19 bits per heavy atom. The SMILES string of the molecule is CCSC(Cc1ccccc1)CC(CCC(=O)O)C(=O)O. The predicted molar refractivity (Wildman–Crippen MR) is 84.7 cm³/mol. The Morgan fingerprint density at radius 2 is 1.86 bits per heavy atom. The van der Waals surface area contributed by atoms with Crippen molar-refractivity contribution < 1.29 is 19.8 Å². The highest BCUT2D eigenvalue weighted by Gasteiger charge is 2.23. The van der Waals surface area contributed by atoms with Gasteiger partial charge in [0.1, 0.15) is 0 Å². The van der Waals surface area contributed by atoms with Gasteiger partial charge in [-0.05, 0) is 30.6 Å². The van der Waals surface area contributed by atoms with Gasteiger partial charge in [-0.25, -0.2) is 0 Å². The predicted octanol–water partition coefficient (Wildman–Crippen LogP) is 3.31. The van der Waals surface area contributed by atoms with E-state index in [0.29, 0.717) is 6.42 Å². The van der Waals surface area contributed by atoms with Gasteiger partial charge in [-0.15, -0.1) is 0 Å². The lowest BCUT2D eigenvalue weighted by Crippen LogP contribution is -2.22. The van der Waals surface area contributed by atoms with Gasteiger partial charge >= 0.3 is 11.9 Å². The summed E-state index contributed by atoms with van der Waals surface area (Å²) < 4.78 is 0. The molecule has 21 heavy (non-hydrogen) atoms. The van der Waals surface area contributed by atoms with Crippen LogP contribution in [0.4, 0.5) is 0 Å². The third-order valence-corrected chi connectivity index (χ3v) is 4.48. The smallest absolute Gasteiger partial charge is 0.306 e. The fraction of sp³-hybridized carbons (Fsp3) is 0.500. The van der Waals surface area contributed by atoms with Crippen LogP contribution in [0.2, 0.25) is 0 Å². The van der Waals surface area contributed by atoms with E-state index >= 15 is 0 Å². The number of carboxylic acids is 2. The molecule has 116 valence electrons. The highest BCUT2D eigenvalue weighted by Crippen LogP contribution is 2.26. The van der Waals surface area contributed by atoms with E-state index in [1.165, 1.54) is 5.56 Å². The Kier molecular flexibility index (Phi) is 7.90. The van der Waals surface area contributed by atoms with Gasteiger partial charge < -0.3 is 10.2 Å². The average molecular weight is 310 g/mol. The molecule has 1 rings (SSSR count). The van der Waals surface area contributed by atoms with Gasteiger partial charge in [0.25, 0.3) is 0 Å². The minimum Gasteiger partial charge on any atom is -0.481 e. The summed E-state index contributed by atoms with van der Waals surface area (Å²) in [6, 6.07) is 9.98. The summed E-state index contributed by atoms with van der Waals surface area (Å²) in [5.74, 6) is -1.51. The van der Waals surface area contributed by atoms with E-state index in [4.69, 9.17) is 5.11 Å². The molecule has 5 heteroatoms. The van der Waals surface area contributed by atoms with E-state index in [0.717, 1.165) is 12.2 Å². The zero-order valence-corrected chi connectivity index (χ0v) is 13.0. The highest BCUT2D eigenvalue weighted by molar-refractivity contribution is 7.99. The standard InChI is InChI=1S/C16H22O4S/c1-2-21-14(10-12-6-4-3-5-7-12)11-13(16(19)20)8-9-15(17)18/h3-7,13-14H,2,8-11H2,1H3,(H,17,18)(H,19,20). The second-order valence-corrected chi connectivity index (χ2v) is 6.55. The number of hydrogen-bond acceptors (Lipinski definition) is 3. The first-order valence-electron chi connectivity index (χ1n) is 7.13.